The van der Waals surface area contributed by atoms with Crippen molar-refractivity contribution in [2.45, 2.75) is 158 Å². The van der Waals surface area contributed by atoms with Crippen molar-refractivity contribution in [3.63, 3.8) is 0 Å². The highest BCUT2D eigenvalue weighted by atomic mass is 16.8. The number of hydrogen-bond donors (Lipinski definition) is 4. The second kappa shape index (κ2) is 10.6. The molecule has 4 saturated carbocycles. The zero-order valence-electron chi connectivity index (χ0n) is 29.5. The number of aliphatic hydroxyl groups is 4. The van der Waals surface area contributed by atoms with Gasteiger partial charge in [0, 0.05) is 69.0 Å². The van der Waals surface area contributed by atoms with Gasteiger partial charge in [0.1, 0.15) is 28.5 Å². The van der Waals surface area contributed by atoms with Gasteiger partial charge in [-0.1, -0.05) is 27.7 Å². The normalized spacial score (nSPS) is 54.2. The van der Waals surface area contributed by atoms with E-state index >= 15 is 0 Å². The van der Waals surface area contributed by atoms with Crippen molar-refractivity contribution in [1.82, 2.24) is 4.90 Å². The quantitative estimate of drug-likeness (QED) is 0.247. The molecular formula is C36H55NO11. The Hall–Kier alpha value is -1.83. The molecule has 48 heavy (non-hydrogen) atoms. The molecule has 7 rings (SSSR count). The Labute approximate surface area is 282 Å². The number of fused-ring (bicyclic) bond motifs is 5. The number of piperidine rings is 2. The standard InChI is InChI=1S/C36H55NO11/c1-8-20(3)29(40)46-27-13-14-30(6)23-10-11-24-32(42)15-28(45-21(4)38)35(44)25(17-37-16-19(2)9-12-26(37)31(35,7)41)33(32,43)18-34(24,30)48-36(23,27)47-22(5)39/h19-20,23-28,41-44H,8-18H2,1-7H3/t19-,20?,23?,24-,25-,26-,27+,28-,30-,31+,32+,33+,34?,35-,36-/m0/s1. The average Bonchev–Trinajstić information content (AvgIpc) is 3.17. The Morgan fingerprint density at radius 2 is 1.56 bits per heavy atom. The highest BCUT2D eigenvalue weighted by molar-refractivity contribution is 5.72. The van der Waals surface area contributed by atoms with Crippen molar-refractivity contribution < 1.29 is 53.8 Å². The van der Waals surface area contributed by atoms with Crippen LogP contribution in [0.3, 0.4) is 0 Å². The largest absolute Gasteiger partial charge is 0.459 e. The minimum Gasteiger partial charge on any atom is -0.459 e. The van der Waals surface area contributed by atoms with Crippen LogP contribution in [0.1, 0.15) is 106 Å². The van der Waals surface area contributed by atoms with Gasteiger partial charge in [-0.15, -0.1) is 0 Å². The van der Waals surface area contributed by atoms with Crippen molar-refractivity contribution in [1.29, 1.82) is 0 Å². The van der Waals surface area contributed by atoms with Gasteiger partial charge in [-0.25, -0.2) is 0 Å². The van der Waals surface area contributed by atoms with Gasteiger partial charge >= 0.3 is 17.9 Å². The summed E-state index contributed by atoms with van der Waals surface area (Å²) in [6.45, 7) is 12.8. The van der Waals surface area contributed by atoms with Crippen LogP contribution in [0, 0.1) is 35.0 Å². The number of rotatable bonds is 5. The van der Waals surface area contributed by atoms with E-state index in [1.54, 1.807) is 13.8 Å². The van der Waals surface area contributed by atoms with Crippen LogP contribution in [-0.2, 0) is 33.3 Å². The van der Waals surface area contributed by atoms with Crippen LogP contribution in [0.4, 0.5) is 0 Å². The van der Waals surface area contributed by atoms with Gasteiger partial charge < -0.3 is 39.4 Å². The molecule has 7 aliphatic rings. The molecule has 15 atom stereocenters. The Bertz CT molecular complexity index is 1390. The molecule has 3 heterocycles. The summed E-state index contributed by atoms with van der Waals surface area (Å²) >= 11 is 0. The molecule has 0 aromatic heterocycles. The zero-order chi connectivity index (χ0) is 35.0. The highest BCUT2D eigenvalue weighted by Gasteiger charge is 2.90. The van der Waals surface area contributed by atoms with Crippen molar-refractivity contribution >= 4 is 17.9 Å². The fourth-order valence-corrected chi connectivity index (χ4v) is 12.5. The highest BCUT2D eigenvalue weighted by Crippen LogP contribution is 2.79. The van der Waals surface area contributed by atoms with E-state index in [0.29, 0.717) is 51.0 Å². The van der Waals surface area contributed by atoms with E-state index in [9.17, 15) is 34.8 Å². The maximum Gasteiger partial charge on any atom is 0.309 e. The molecule has 3 unspecified atom stereocenters. The molecule has 4 bridgehead atoms. The number of esters is 3. The van der Waals surface area contributed by atoms with E-state index in [4.69, 9.17) is 18.9 Å². The summed E-state index contributed by atoms with van der Waals surface area (Å²) in [7, 11) is 0. The number of ether oxygens (including phenoxy) is 4. The summed E-state index contributed by atoms with van der Waals surface area (Å²) in [5.74, 6) is -5.56. The lowest BCUT2D eigenvalue weighted by Gasteiger charge is -2.68. The van der Waals surface area contributed by atoms with Gasteiger partial charge in [0.15, 0.2) is 6.10 Å². The van der Waals surface area contributed by atoms with Gasteiger partial charge in [-0.2, -0.15) is 0 Å². The van der Waals surface area contributed by atoms with Crippen LogP contribution in [0.25, 0.3) is 0 Å². The summed E-state index contributed by atoms with van der Waals surface area (Å²) < 4.78 is 25.3. The van der Waals surface area contributed by atoms with Crippen LogP contribution >= 0.6 is 0 Å². The minimum absolute atomic E-state index is 0.104. The van der Waals surface area contributed by atoms with Crippen LogP contribution in [0.2, 0.25) is 0 Å². The van der Waals surface area contributed by atoms with Crippen molar-refractivity contribution in [2.75, 3.05) is 13.1 Å². The van der Waals surface area contributed by atoms with E-state index in [0.717, 1.165) is 6.42 Å². The summed E-state index contributed by atoms with van der Waals surface area (Å²) in [5.41, 5.74) is -9.76. The summed E-state index contributed by atoms with van der Waals surface area (Å²) in [6, 6.07) is -0.443. The summed E-state index contributed by atoms with van der Waals surface area (Å²) in [4.78, 5) is 40.7. The van der Waals surface area contributed by atoms with Gasteiger partial charge in [-0.05, 0) is 57.8 Å². The molecule has 7 fully saturated rings. The fraction of sp³-hybridized carbons (Fsp3) is 0.917. The molecular weight excluding hydrogens is 622 g/mol. The first kappa shape index (κ1) is 34.6. The predicted molar refractivity (Wildman–Crippen MR) is 169 cm³/mol. The number of carbonyl (C=O) groups excluding carboxylic acids is 3. The Morgan fingerprint density at radius 3 is 2.21 bits per heavy atom. The van der Waals surface area contributed by atoms with E-state index in [-0.39, 0.29) is 25.3 Å². The number of nitrogens with zero attached hydrogens (tertiary/aromatic N) is 1. The Balaban J connectivity index is 1.37. The van der Waals surface area contributed by atoms with E-state index < -0.39 is 93.1 Å². The van der Waals surface area contributed by atoms with Crippen molar-refractivity contribution in [3.8, 4) is 0 Å². The molecule has 3 saturated heterocycles. The lowest BCUT2D eigenvalue weighted by molar-refractivity contribution is -0.354. The lowest BCUT2D eigenvalue weighted by atomic mass is 9.48. The second-order valence-corrected chi connectivity index (χ2v) is 17.2. The molecule has 3 aliphatic heterocycles. The third-order valence-corrected chi connectivity index (χ3v) is 14.9. The molecule has 1 spiro atoms. The molecule has 0 amide bonds. The molecule has 0 aromatic carbocycles. The molecule has 4 aliphatic carbocycles. The van der Waals surface area contributed by atoms with Crippen LogP contribution in [0.15, 0.2) is 0 Å². The first-order valence-electron chi connectivity index (χ1n) is 18.2. The lowest BCUT2D eigenvalue weighted by Crippen LogP contribution is -2.85. The second-order valence-electron chi connectivity index (χ2n) is 17.2. The molecule has 0 radical (unpaired) electrons. The van der Waals surface area contributed by atoms with Crippen LogP contribution in [-0.4, -0.2) is 108 Å². The SMILES string of the molecule is CCC(C)C(=O)O[C@@H]1CC[C@@]2(C)C3CC[C@@H]4C2(C[C@@]2(O)[C@@H]5CN6C[C@@H](C)CC[C@H]6[C@@](C)(O)[C@@]5(O)[C@@H](OC(C)=O)C[C@@]42O)O[C@@]31OC(C)=O. The molecule has 0 aromatic rings. The Morgan fingerprint density at radius 1 is 0.875 bits per heavy atom. The predicted octanol–water partition coefficient (Wildman–Crippen LogP) is 2.21. The van der Waals surface area contributed by atoms with Gasteiger partial charge in [0.25, 0.3) is 5.79 Å². The average molecular weight is 678 g/mol. The monoisotopic (exact) mass is 677 g/mol. The molecule has 12 heteroatoms. The summed E-state index contributed by atoms with van der Waals surface area (Å²) in [5, 5.41) is 51.7. The zero-order valence-corrected chi connectivity index (χ0v) is 29.5. The van der Waals surface area contributed by atoms with E-state index in [1.807, 2.05) is 6.92 Å². The van der Waals surface area contributed by atoms with Crippen molar-refractivity contribution in [3.05, 3.63) is 0 Å². The van der Waals surface area contributed by atoms with Crippen LogP contribution < -0.4 is 0 Å². The fourth-order valence-electron chi connectivity index (χ4n) is 12.5. The molecule has 12 nitrogen and oxygen atoms in total. The van der Waals surface area contributed by atoms with Gasteiger partial charge in [-0.3, -0.25) is 19.3 Å². The maximum absolute atomic E-state index is 13.3. The van der Waals surface area contributed by atoms with E-state index in [1.165, 1.54) is 13.8 Å². The van der Waals surface area contributed by atoms with Gasteiger partial charge in [0.2, 0.25) is 0 Å². The summed E-state index contributed by atoms with van der Waals surface area (Å²) in [6.07, 6.45) is 1.18. The Kier molecular flexibility index (Phi) is 7.65. The van der Waals surface area contributed by atoms with Crippen LogP contribution in [0.5, 0.6) is 0 Å². The maximum atomic E-state index is 13.3. The van der Waals surface area contributed by atoms with Gasteiger partial charge in [0.05, 0.1) is 11.5 Å². The number of hydrogen-bond acceptors (Lipinski definition) is 12. The first-order chi connectivity index (χ1) is 22.3. The minimum atomic E-state index is -2.10. The molecule has 4 N–H and O–H groups in total. The smallest absolute Gasteiger partial charge is 0.309 e. The third kappa shape index (κ3) is 4.02. The topological polar surface area (TPSA) is 172 Å². The number of carbonyl (C=O) groups is 3. The molecule has 270 valence electrons. The third-order valence-electron chi connectivity index (χ3n) is 14.9. The van der Waals surface area contributed by atoms with Crippen molar-refractivity contribution in [2.24, 2.45) is 35.0 Å². The van der Waals surface area contributed by atoms with E-state index in [2.05, 4.69) is 18.7 Å². The first-order valence-corrected chi connectivity index (χ1v) is 18.2.